The summed E-state index contributed by atoms with van der Waals surface area (Å²) in [7, 11) is 0. The number of epoxide rings is 1. The highest BCUT2D eigenvalue weighted by atomic mass is 16.6. The number of fused-ring (bicyclic) bond motifs is 1. The van der Waals surface area contributed by atoms with Crippen LogP contribution in [0.15, 0.2) is 36.5 Å². The number of hydrogen-bond donors (Lipinski definition) is 1. The van der Waals surface area contributed by atoms with Crippen LogP contribution in [0.2, 0.25) is 0 Å². The van der Waals surface area contributed by atoms with Crippen molar-refractivity contribution in [2.24, 2.45) is 0 Å². The molecule has 1 fully saturated rings. The molecule has 5 heteroatoms. The molecule has 0 aliphatic carbocycles. The summed E-state index contributed by atoms with van der Waals surface area (Å²) in [5.74, 6) is 0.749. The normalized spacial score (nSPS) is 21.7. The van der Waals surface area contributed by atoms with E-state index in [1.54, 1.807) is 0 Å². The lowest BCUT2D eigenvalue weighted by Crippen LogP contribution is -2.09. The molecule has 1 aromatic carbocycles. The van der Waals surface area contributed by atoms with Crippen LogP contribution in [-0.4, -0.2) is 30.8 Å². The van der Waals surface area contributed by atoms with E-state index in [1.807, 2.05) is 42.6 Å². The molecule has 1 aromatic heterocycles. The van der Waals surface area contributed by atoms with Crippen LogP contribution in [0, 0.1) is 5.21 Å². The fourth-order valence-corrected chi connectivity index (χ4v) is 2.58. The number of nitrogens with one attached hydrogen (secondary N) is 1. The Morgan fingerprint density at radius 1 is 1.38 bits per heavy atom. The number of ether oxygens (including phenoxy) is 2. The Hall–Kier alpha value is -2.24. The maximum atomic E-state index is 12.1. The summed E-state index contributed by atoms with van der Waals surface area (Å²) in [6.07, 6.45) is 4.06. The number of aromatic amines is 1. The highest BCUT2D eigenvalue weighted by Gasteiger charge is 2.26. The molecule has 1 atom stereocenters. The summed E-state index contributed by atoms with van der Waals surface area (Å²) in [6, 6.07) is 9.50. The molecule has 0 saturated carbocycles. The predicted octanol–water partition coefficient (Wildman–Crippen LogP) is 2.65. The van der Waals surface area contributed by atoms with Gasteiger partial charge in [-0.3, -0.25) is 0 Å². The molecule has 2 aromatic rings. The predicted molar refractivity (Wildman–Crippen MR) is 81.1 cm³/mol. The zero-order valence-corrected chi connectivity index (χ0v) is 11.4. The quantitative estimate of drug-likeness (QED) is 0.876. The van der Waals surface area contributed by atoms with Gasteiger partial charge in [-0.2, -0.15) is 0 Å². The van der Waals surface area contributed by atoms with E-state index in [9.17, 15) is 5.21 Å². The van der Waals surface area contributed by atoms with E-state index < -0.39 is 0 Å². The van der Waals surface area contributed by atoms with Gasteiger partial charge in [-0.25, -0.2) is 0 Å². The van der Waals surface area contributed by atoms with E-state index in [4.69, 9.17) is 9.47 Å². The fourth-order valence-electron chi connectivity index (χ4n) is 2.58. The zero-order chi connectivity index (χ0) is 14.2. The summed E-state index contributed by atoms with van der Waals surface area (Å²) >= 11 is 0. The molecule has 2 aliphatic rings. The van der Waals surface area contributed by atoms with E-state index in [-0.39, 0.29) is 6.10 Å². The van der Waals surface area contributed by atoms with Gasteiger partial charge in [0, 0.05) is 29.7 Å². The van der Waals surface area contributed by atoms with Gasteiger partial charge in [-0.1, -0.05) is 6.07 Å². The molecule has 1 unspecified atom stereocenters. The molecule has 1 N–H and O–H groups in total. The smallest absolute Gasteiger partial charge is 0.129 e. The first kappa shape index (κ1) is 12.5. The Kier molecular flexibility index (Phi) is 2.94. The molecule has 21 heavy (non-hydrogen) atoms. The number of benzene rings is 1. The number of hydroxylamine groups is 1. The lowest BCUT2D eigenvalue weighted by molar-refractivity contribution is 0.262. The third-order valence-corrected chi connectivity index (χ3v) is 3.69. The second kappa shape index (κ2) is 4.95. The average molecular weight is 283 g/mol. The third-order valence-electron chi connectivity index (χ3n) is 3.69. The van der Waals surface area contributed by atoms with Crippen LogP contribution in [0.25, 0.3) is 11.6 Å². The summed E-state index contributed by atoms with van der Waals surface area (Å²) in [6.45, 7) is 1.63. The number of anilines is 1. The van der Waals surface area contributed by atoms with Gasteiger partial charge in [0.15, 0.2) is 0 Å². The van der Waals surface area contributed by atoms with Gasteiger partial charge in [0.1, 0.15) is 18.5 Å². The van der Waals surface area contributed by atoms with Crippen LogP contribution in [0.1, 0.15) is 11.3 Å². The summed E-state index contributed by atoms with van der Waals surface area (Å²) < 4.78 is 11.0. The van der Waals surface area contributed by atoms with Crippen molar-refractivity contribution in [1.29, 1.82) is 0 Å². The number of aromatic nitrogens is 1. The van der Waals surface area contributed by atoms with Crippen LogP contribution in [0.3, 0.4) is 0 Å². The summed E-state index contributed by atoms with van der Waals surface area (Å²) in [5, 5.41) is 13.1. The topological polar surface area (TPSA) is 63.8 Å². The van der Waals surface area contributed by atoms with Crippen molar-refractivity contribution in [3.8, 4) is 5.75 Å². The minimum absolute atomic E-state index is 0.196. The van der Waals surface area contributed by atoms with Crippen LogP contribution in [-0.2, 0) is 4.74 Å². The molecule has 5 nitrogen and oxygen atoms in total. The Bertz CT molecular complexity index is 675. The maximum absolute atomic E-state index is 12.1. The van der Waals surface area contributed by atoms with E-state index in [0.29, 0.717) is 18.8 Å². The number of H-pyrrole nitrogens is 1. The Balaban J connectivity index is 1.71. The molecule has 0 bridgehead atoms. The fraction of sp³-hybridized carbons (Fsp3) is 0.250. The Morgan fingerprint density at radius 2 is 2.29 bits per heavy atom. The first-order valence-electron chi connectivity index (χ1n) is 6.98. The molecule has 2 aliphatic heterocycles. The van der Waals surface area contributed by atoms with Gasteiger partial charge in [-0.15, -0.1) is 0 Å². The molecule has 0 spiro atoms. The molecule has 3 heterocycles. The van der Waals surface area contributed by atoms with Crippen LogP contribution >= 0.6 is 0 Å². The van der Waals surface area contributed by atoms with Crippen molar-refractivity contribution in [1.82, 2.24) is 4.98 Å². The van der Waals surface area contributed by atoms with E-state index in [1.165, 1.54) is 0 Å². The summed E-state index contributed by atoms with van der Waals surface area (Å²) in [4.78, 5) is 3.13. The standard InChI is InChI=1S/C16H15N2O3/c19-18-8-11(7-12-3-2-6-17-12)16-14(18)4-1-5-15(16)21-10-13-9-20-13/h1-7,13,17H,8-10H2/q-1. The molecule has 0 amide bonds. The van der Waals surface area contributed by atoms with Crippen molar-refractivity contribution >= 4 is 17.3 Å². The molecule has 108 valence electrons. The Morgan fingerprint density at radius 3 is 3.05 bits per heavy atom. The van der Waals surface area contributed by atoms with Crippen molar-refractivity contribution in [3.63, 3.8) is 0 Å². The lowest BCUT2D eigenvalue weighted by atomic mass is 10.1. The Labute approximate surface area is 122 Å². The van der Waals surface area contributed by atoms with Crippen molar-refractivity contribution in [3.05, 3.63) is 53.0 Å². The maximum Gasteiger partial charge on any atom is 0.129 e. The van der Waals surface area contributed by atoms with Gasteiger partial charge in [0.25, 0.3) is 0 Å². The van der Waals surface area contributed by atoms with Crippen molar-refractivity contribution in [2.45, 2.75) is 6.10 Å². The van der Waals surface area contributed by atoms with Crippen LogP contribution in [0.4, 0.5) is 5.69 Å². The highest BCUT2D eigenvalue weighted by Crippen LogP contribution is 2.42. The van der Waals surface area contributed by atoms with Gasteiger partial charge < -0.3 is 24.7 Å². The number of hydrogen-bond acceptors (Lipinski definition) is 4. The number of rotatable bonds is 4. The van der Waals surface area contributed by atoms with Gasteiger partial charge in [0.05, 0.1) is 6.61 Å². The van der Waals surface area contributed by atoms with Crippen LogP contribution < -0.4 is 9.80 Å². The SMILES string of the molecule is [O-]N1CC(=Cc2ccc[nH]2)c2c(OCC3CO3)cccc21. The third kappa shape index (κ3) is 2.41. The van der Waals surface area contributed by atoms with Crippen molar-refractivity contribution < 1.29 is 9.47 Å². The molecular formula is C16H15N2O3-. The molecule has 0 radical (unpaired) electrons. The summed E-state index contributed by atoms with van der Waals surface area (Å²) in [5.41, 5.74) is 3.51. The minimum Gasteiger partial charge on any atom is -0.758 e. The van der Waals surface area contributed by atoms with E-state index in [0.717, 1.165) is 34.3 Å². The highest BCUT2D eigenvalue weighted by molar-refractivity contribution is 5.96. The number of nitrogens with zero attached hydrogens (tertiary/aromatic N) is 1. The first-order valence-corrected chi connectivity index (χ1v) is 6.98. The monoisotopic (exact) mass is 283 g/mol. The van der Waals surface area contributed by atoms with Gasteiger partial charge in [0.2, 0.25) is 0 Å². The van der Waals surface area contributed by atoms with E-state index in [2.05, 4.69) is 4.98 Å². The van der Waals surface area contributed by atoms with Crippen molar-refractivity contribution in [2.75, 3.05) is 24.8 Å². The van der Waals surface area contributed by atoms with Crippen LogP contribution in [0.5, 0.6) is 5.75 Å². The zero-order valence-electron chi connectivity index (χ0n) is 11.4. The van der Waals surface area contributed by atoms with Gasteiger partial charge in [-0.05, 0) is 35.9 Å². The lowest BCUT2D eigenvalue weighted by Gasteiger charge is -2.24. The second-order valence-electron chi connectivity index (χ2n) is 5.25. The molecule has 1 saturated heterocycles. The second-order valence-corrected chi connectivity index (χ2v) is 5.25. The van der Waals surface area contributed by atoms with Gasteiger partial charge >= 0.3 is 0 Å². The minimum atomic E-state index is 0.196. The average Bonchev–Trinajstić information content (AvgIpc) is 3.08. The first-order chi connectivity index (χ1) is 10.3. The largest absolute Gasteiger partial charge is 0.758 e. The molecule has 4 rings (SSSR count). The van der Waals surface area contributed by atoms with E-state index >= 15 is 0 Å². The molecular weight excluding hydrogens is 268 g/mol.